The van der Waals surface area contributed by atoms with Gasteiger partial charge in [0.1, 0.15) is 0 Å². The van der Waals surface area contributed by atoms with E-state index >= 15 is 0 Å². The van der Waals surface area contributed by atoms with E-state index in [0.717, 1.165) is 32.0 Å². The first-order chi connectivity index (χ1) is 13.6. The molecule has 0 aromatic heterocycles. The number of rotatable bonds is 6. The van der Waals surface area contributed by atoms with E-state index in [4.69, 9.17) is 14.6 Å². The Morgan fingerprint density at radius 3 is 2.28 bits per heavy atom. The third kappa shape index (κ3) is 6.07. The molecule has 1 amide bonds. The fourth-order valence-electron chi connectivity index (χ4n) is 4.65. The van der Waals surface area contributed by atoms with Crippen molar-refractivity contribution in [2.24, 2.45) is 23.2 Å². The van der Waals surface area contributed by atoms with E-state index in [1.165, 1.54) is 51.7 Å². The minimum atomic E-state index is -5.08. The van der Waals surface area contributed by atoms with Gasteiger partial charge in [-0.1, -0.05) is 0 Å². The monoisotopic (exact) mass is 420 g/mol. The van der Waals surface area contributed by atoms with E-state index in [2.05, 4.69) is 9.80 Å². The number of alkyl halides is 3. The Morgan fingerprint density at radius 1 is 1.14 bits per heavy atom. The molecule has 2 heterocycles. The Bertz CT molecular complexity index is 607. The molecule has 2 aliphatic heterocycles. The van der Waals surface area contributed by atoms with E-state index in [-0.39, 0.29) is 0 Å². The Labute approximate surface area is 169 Å². The molecule has 1 N–H and O–H groups in total. The number of carbonyl (C=O) groups excluding carboxylic acids is 1. The van der Waals surface area contributed by atoms with Crippen molar-refractivity contribution in [3.05, 3.63) is 0 Å². The average molecular weight is 420 g/mol. The molecule has 0 radical (unpaired) electrons. The van der Waals surface area contributed by atoms with Gasteiger partial charge in [-0.05, 0) is 43.9 Å². The summed E-state index contributed by atoms with van der Waals surface area (Å²) in [7, 11) is 1.82. The van der Waals surface area contributed by atoms with Gasteiger partial charge in [-0.3, -0.25) is 4.79 Å². The summed E-state index contributed by atoms with van der Waals surface area (Å²) >= 11 is 0. The summed E-state index contributed by atoms with van der Waals surface area (Å²) in [5.41, 5.74) is 0.310. The maximum atomic E-state index is 12.5. The van der Waals surface area contributed by atoms with Crippen LogP contribution in [0.1, 0.15) is 38.5 Å². The Balaban J connectivity index is 0.000000298. The van der Waals surface area contributed by atoms with Crippen LogP contribution in [0.3, 0.4) is 0 Å². The fourth-order valence-corrected chi connectivity index (χ4v) is 4.65. The standard InChI is InChI=1S/C18H30N2O2.C2HF3O2/c1-22-11-16-10-19(9-15-4-5-15)12-18(16)6-7-20(13-18)17(21)8-14-2-3-14;3-2(4,5)1(6)7/h14-16H,2-13H2,1H3;(H,6,7)/t16-,18+;/m0./s1. The molecule has 0 aromatic carbocycles. The zero-order valence-corrected chi connectivity index (χ0v) is 16.9. The van der Waals surface area contributed by atoms with Crippen LogP contribution in [0, 0.1) is 23.2 Å². The molecule has 9 heteroatoms. The lowest BCUT2D eigenvalue weighted by atomic mass is 9.77. The Morgan fingerprint density at radius 2 is 1.76 bits per heavy atom. The summed E-state index contributed by atoms with van der Waals surface area (Å²) in [5, 5.41) is 7.12. The predicted octanol–water partition coefficient (Wildman–Crippen LogP) is 2.63. The van der Waals surface area contributed by atoms with E-state index < -0.39 is 12.1 Å². The van der Waals surface area contributed by atoms with Crippen LogP contribution in [0.2, 0.25) is 0 Å². The lowest BCUT2D eigenvalue weighted by Crippen LogP contribution is -2.38. The number of ether oxygens (including phenoxy) is 1. The van der Waals surface area contributed by atoms with Crippen molar-refractivity contribution < 1.29 is 32.6 Å². The highest BCUT2D eigenvalue weighted by Crippen LogP contribution is 2.46. The van der Waals surface area contributed by atoms with Crippen molar-refractivity contribution in [1.82, 2.24) is 9.80 Å². The van der Waals surface area contributed by atoms with Crippen LogP contribution in [-0.2, 0) is 14.3 Å². The molecule has 4 rings (SSSR count). The number of halogens is 3. The van der Waals surface area contributed by atoms with Gasteiger partial charge in [0.25, 0.3) is 0 Å². The van der Waals surface area contributed by atoms with Gasteiger partial charge in [-0.25, -0.2) is 4.79 Å². The molecular formula is C20H31F3N2O4. The Hall–Kier alpha value is -1.35. The van der Waals surface area contributed by atoms with Crippen molar-refractivity contribution in [2.75, 3.05) is 46.4 Å². The molecule has 0 unspecified atom stereocenters. The SMILES string of the molecule is COC[C@@H]1CN(CC2CC2)C[C@@]12CCN(C(=O)CC1CC1)C2.O=C(O)C(F)(F)F. The number of likely N-dealkylation sites (tertiary alicyclic amines) is 2. The first-order valence-corrected chi connectivity index (χ1v) is 10.4. The van der Waals surface area contributed by atoms with Gasteiger partial charge in [-0.15, -0.1) is 0 Å². The van der Waals surface area contributed by atoms with Gasteiger partial charge >= 0.3 is 12.1 Å². The number of hydrogen-bond donors (Lipinski definition) is 1. The van der Waals surface area contributed by atoms with Crippen molar-refractivity contribution in [3.8, 4) is 0 Å². The van der Waals surface area contributed by atoms with Crippen LogP contribution < -0.4 is 0 Å². The number of carbonyl (C=O) groups is 2. The van der Waals surface area contributed by atoms with Crippen LogP contribution in [0.25, 0.3) is 0 Å². The lowest BCUT2D eigenvalue weighted by molar-refractivity contribution is -0.192. The largest absolute Gasteiger partial charge is 0.490 e. The molecule has 4 aliphatic rings. The zero-order chi connectivity index (χ0) is 21.2. The molecule has 2 aliphatic carbocycles. The van der Waals surface area contributed by atoms with E-state index in [1.54, 1.807) is 0 Å². The third-order valence-corrected chi connectivity index (χ3v) is 6.61. The van der Waals surface area contributed by atoms with Crippen molar-refractivity contribution in [3.63, 3.8) is 0 Å². The van der Waals surface area contributed by atoms with Crippen LogP contribution in [-0.4, -0.2) is 79.4 Å². The molecular weight excluding hydrogens is 389 g/mol. The van der Waals surface area contributed by atoms with Crippen LogP contribution in [0.5, 0.6) is 0 Å². The maximum absolute atomic E-state index is 12.5. The molecule has 29 heavy (non-hydrogen) atoms. The quantitative estimate of drug-likeness (QED) is 0.716. The number of carboxylic acids is 1. The normalized spacial score (nSPS) is 29.8. The second-order valence-electron chi connectivity index (χ2n) is 9.17. The summed E-state index contributed by atoms with van der Waals surface area (Å²) in [4.78, 5) is 26.2. The summed E-state index contributed by atoms with van der Waals surface area (Å²) in [6, 6.07) is 0. The molecule has 2 saturated carbocycles. The van der Waals surface area contributed by atoms with Crippen molar-refractivity contribution >= 4 is 11.9 Å². The highest BCUT2D eigenvalue weighted by Gasteiger charge is 2.51. The van der Waals surface area contributed by atoms with Gasteiger partial charge in [-0.2, -0.15) is 13.2 Å². The van der Waals surface area contributed by atoms with Crippen molar-refractivity contribution in [2.45, 2.75) is 44.7 Å². The highest BCUT2D eigenvalue weighted by molar-refractivity contribution is 5.77. The fraction of sp³-hybridized carbons (Fsp3) is 0.900. The van der Waals surface area contributed by atoms with Gasteiger partial charge in [0.15, 0.2) is 0 Å². The third-order valence-electron chi connectivity index (χ3n) is 6.61. The first-order valence-electron chi connectivity index (χ1n) is 10.4. The molecule has 6 nitrogen and oxygen atoms in total. The summed E-state index contributed by atoms with van der Waals surface area (Å²) in [5.74, 6) is -0.0835. The Kier molecular flexibility index (Phi) is 6.77. The maximum Gasteiger partial charge on any atom is 0.490 e. The highest BCUT2D eigenvalue weighted by atomic mass is 19.4. The van der Waals surface area contributed by atoms with Crippen LogP contribution in [0.4, 0.5) is 13.2 Å². The van der Waals surface area contributed by atoms with Crippen LogP contribution in [0.15, 0.2) is 0 Å². The molecule has 0 bridgehead atoms. The summed E-state index contributed by atoms with van der Waals surface area (Å²) < 4.78 is 37.3. The number of carboxylic acid groups (broad SMARTS) is 1. The number of amides is 1. The number of aliphatic carboxylic acids is 1. The average Bonchev–Trinajstić information content (AvgIpc) is 3.54. The zero-order valence-electron chi connectivity index (χ0n) is 16.9. The number of methoxy groups -OCH3 is 1. The second kappa shape index (κ2) is 8.79. The molecule has 166 valence electrons. The molecule has 4 fully saturated rings. The molecule has 2 saturated heterocycles. The smallest absolute Gasteiger partial charge is 0.475 e. The lowest BCUT2D eigenvalue weighted by Gasteiger charge is -2.30. The van der Waals surface area contributed by atoms with Gasteiger partial charge in [0.05, 0.1) is 6.61 Å². The van der Waals surface area contributed by atoms with Crippen molar-refractivity contribution in [1.29, 1.82) is 0 Å². The molecule has 0 aromatic rings. The van der Waals surface area contributed by atoms with Gasteiger partial charge in [0, 0.05) is 57.6 Å². The summed E-state index contributed by atoms with van der Waals surface area (Å²) in [6.45, 7) is 6.44. The van der Waals surface area contributed by atoms with Gasteiger partial charge < -0.3 is 19.6 Å². The minimum absolute atomic E-state index is 0.310. The van der Waals surface area contributed by atoms with Gasteiger partial charge in [0.2, 0.25) is 5.91 Å². The number of hydrogen-bond acceptors (Lipinski definition) is 4. The van der Waals surface area contributed by atoms with E-state index in [1.807, 2.05) is 7.11 Å². The molecule has 2 atom stereocenters. The topological polar surface area (TPSA) is 70.1 Å². The van der Waals surface area contributed by atoms with E-state index in [9.17, 15) is 18.0 Å². The first kappa shape index (κ1) is 22.3. The second-order valence-corrected chi connectivity index (χ2v) is 9.17. The van der Waals surface area contributed by atoms with E-state index in [0.29, 0.717) is 23.2 Å². The minimum Gasteiger partial charge on any atom is -0.475 e. The van der Waals surface area contributed by atoms with Crippen LogP contribution >= 0.6 is 0 Å². The predicted molar refractivity (Wildman–Crippen MR) is 99.2 cm³/mol. The summed E-state index contributed by atoms with van der Waals surface area (Å²) in [6.07, 6.45) is 2.28. The molecule has 1 spiro atoms. The number of nitrogens with zero attached hydrogens (tertiary/aromatic N) is 2.